The summed E-state index contributed by atoms with van der Waals surface area (Å²) in [7, 11) is 1.57. The Kier molecular flexibility index (Phi) is 5.23. The van der Waals surface area contributed by atoms with Gasteiger partial charge in [-0.1, -0.05) is 42.5 Å². The lowest BCUT2D eigenvalue weighted by Crippen LogP contribution is -2.26. The third-order valence-corrected chi connectivity index (χ3v) is 4.07. The monoisotopic (exact) mass is 335 g/mol. The molecule has 0 aliphatic heterocycles. The standard InChI is InChI=1S/C20H21N3O2/c1-14(15-8-4-3-5-9-15)21-19(24)13-12-18-20(25-2)23-17-11-7-6-10-16(17)22-18/h3-11,14H,12-13H2,1-2H3,(H,21,24). The van der Waals surface area contributed by atoms with Crippen LogP contribution in [0, 0.1) is 0 Å². The van der Waals surface area contributed by atoms with Crippen LogP contribution in [-0.4, -0.2) is 23.0 Å². The molecule has 1 amide bonds. The van der Waals surface area contributed by atoms with E-state index in [0.717, 1.165) is 16.6 Å². The quantitative estimate of drug-likeness (QED) is 0.749. The highest BCUT2D eigenvalue weighted by atomic mass is 16.5. The average molecular weight is 335 g/mol. The lowest BCUT2D eigenvalue weighted by atomic mass is 10.1. The number of hydrogen-bond acceptors (Lipinski definition) is 4. The van der Waals surface area contributed by atoms with Crippen LogP contribution in [0.3, 0.4) is 0 Å². The molecule has 0 aliphatic carbocycles. The minimum Gasteiger partial charge on any atom is -0.480 e. The third kappa shape index (κ3) is 4.12. The van der Waals surface area contributed by atoms with Gasteiger partial charge in [0.05, 0.1) is 24.2 Å². The summed E-state index contributed by atoms with van der Waals surface area (Å²) in [5.41, 5.74) is 3.37. The Morgan fingerprint density at radius 3 is 2.36 bits per heavy atom. The van der Waals surface area contributed by atoms with E-state index in [-0.39, 0.29) is 11.9 Å². The van der Waals surface area contributed by atoms with Gasteiger partial charge in [-0.3, -0.25) is 4.79 Å². The minimum absolute atomic E-state index is 0.0200. The molecule has 0 saturated heterocycles. The van der Waals surface area contributed by atoms with Crippen molar-refractivity contribution in [1.29, 1.82) is 0 Å². The van der Waals surface area contributed by atoms with Crippen LogP contribution < -0.4 is 10.1 Å². The van der Waals surface area contributed by atoms with Crippen LogP contribution in [0.4, 0.5) is 0 Å². The Hall–Kier alpha value is -2.95. The van der Waals surface area contributed by atoms with Crippen molar-refractivity contribution in [1.82, 2.24) is 15.3 Å². The van der Waals surface area contributed by atoms with Crippen LogP contribution in [0.5, 0.6) is 5.88 Å². The molecule has 3 rings (SSSR count). The van der Waals surface area contributed by atoms with E-state index in [2.05, 4.69) is 15.3 Å². The van der Waals surface area contributed by atoms with Gasteiger partial charge in [-0.15, -0.1) is 0 Å². The number of benzene rings is 2. The van der Waals surface area contributed by atoms with Crippen molar-refractivity contribution < 1.29 is 9.53 Å². The highest BCUT2D eigenvalue weighted by molar-refractivity contribution is 5.77. The number of hydrogen-bond donors (Lipinski definition) is 1. The number of methoxy groups -OCH3 is 1. The zero-order valence-electron chi connectivity index (χ0n) is 14.4. The number of nitrogens with one attached hydrogen (secondary N) is 1. The van der Waals surface area contributed by atoms with E-state index in [1.807, 2.05) is 61.5 Å². The van der Waals surface area contributed by atoms with Crippen LogP contribution in [-0.2, 0) is 11.2 Å². The number of amides is 1. The van der Waals surface area contributed by atoms with Gasteiger partial charge in [0, 0.05) is 12.8 Å². The number of aryl methyl sites for hydroxylation is 1. The van der Waals surface area contributed by atoms with E-state index in [1.165, 1.54) is 0 Å². The number of para-hydroxylation sites is 2. The Balaban J connectivity index is 1.66. The Bertz CT molecular complexity index is 865. The van der Waals surface area contributed by atoms with Crippen LogP contribution in [0.25, 0.3) is 11.0 Å². The summed E-state index contributed by atoms with van der Waals surface area (Å²) >= 11 is 0. The van der Waals surface area contributed by atoms with E-state index in [4.69, 9.17) is 4.74 Å². The molecule has 128 valence electrons. The molecule has 0 fully saturated rings. The number of nitrogens with zero attached hydrogens (tertiary/aromatic N) is 2. The van der Waals surface area contributed by atoms with E-state index < -0.39 is 0 Å². The SMILES string of the molecule is COc1nc2ccccc2nc1CCC(=O)NC(C)c1ccccc1. The van der Waals surface area contributed by atoms with Gasteiger partial charge in [0.1, 0.15) is 5.69 Å². The van der Waals surface area contributed by atoms with Crippen LogP contribution >= 0.6 is 0 Å². The fourth-order valence-electron chi connectivity index (χ4n) is 2.72. The van der Waals surface area contributed by atoms with Crippen LogP contribution in [0.2, 0.25) is 0 Å². The summed E-state index contributed by atoms with van der Waals surface area (Å²) in [5.74, 6) is 0.455. The maximum absolute atomic E-state index is 12.3. The molecule has 1 aromatic heterocycles. The lowest BCUT2D eigenvalue weighted by molar-refractivity contribution is -0.121. The summed E-state index contributed by atoms with van der Waals surface area (Å²) in [6, 6.07) is 17.5. The van der Waals surface area contributed by atoms with Crippen LogP contribution in [0.15, 0.2) is 54.6 Å². The molecule has 5 nitrogen and oxygen atoms in total. The summed E-state index contributed by atoms with van der Waals surface area (Å²) in [5, 5.41) is 3.01. The van der Waals surface area contributed by atoms with Crippen LogP contribution in [0.1, 0.15) is 30.6 Å². The molecule has 1 unspecified atom stereocenters. The number of ether oxygens (including phenoxy) is 1. The van der Waals surface area contributed by atoms with Crippen molar-refractivity contribution in [2.45, 2.75) is 25.8 Å². The second-order valence-corrected chi connectivity index (χ2v) is 5.87. The first-order valence-electron chi connectivity index (χ1n) is 8.31. The van der Waals surface area contributed by atoms with E-state index in [9.17, 15) is 4.79 Å². The van der Waals surface area contributed by atoms with Crippen molar-refractivity contribution in [2.24, 2.45) is 0 Å². The van der Waals surface area contributed by atoms with E-state index in [0.29, 0.717) is 24.4 Å². The smallest absolute Gasteiger partial charge is 0.235 e. The first kappa shape index (κ1) is 16.9. The summed E-state index contributed by atoms with van der Waals surface area (Å²) in [4.78, 5) is 21.3. The number of carbonyl (C=O) groups excluding carboxylic acids is 1. The summed E-state index contributed by atoms with van der Waals surface area (Å²) in [6.07, 6.45) is 0.814. The number of rotatable bonds is 6. The molecule has 3 aromatic rings. The Morgan fingerprint density at radius 1 is 1.04 bits per heavy atom. The first-order chi connectivity index (χ1) is 12.2. The number of fused-ring (bicyclic) bond motifs is 1. The van der Waals surface area contributed by atoms with Crippen molar-refractivity contribution >= 4 is 16.9 Å². The zero-order chi connectivity index (χ0) is 17.6. The molecule has 5 heteroatoms. The predicted molar refractivity (Wildman–Crippen MR) is 97.4 cm³/mol. The highest BCUT2D eigenvalue weighted by Gasteiger charge is 2.13. The van der Waals surface area contributed by atoms with Crippen molar-refractivity contribution in [3.8, 4) is 5.88 Å². The Morgan fingerprint density at radius 2 is 1.68 bits per heavy atom. The minimum atomic E-state index is -0.0294. The molecule has 0 spiro atoms. The summed E-state index contributed by atoms with van der Waals surface area (Å²) < 4.78 is 5.33. The number of aromatic nitrogens is 2. The Labute approximate surface area is 147 Å². The molecule has 1 atom stereocenters. The number of carbonyl (C=O) groups is 1. The molecular weight excluding hydrogens is 314 g/mol. The van der Waals surface area contributed by atoms with E-state index >= 15 is 0 Å². The largest absolute Gasteiger partial charge is 0.480 e. The molecule has 2 aromatic carbocycles. The van der Waals surface area contributed by atoms with Gasteiger partial charge in [-0.25, -0.2) is 9.97 Å². The van der Waals surface area contributed by atoms with Gasteiger partial charge in [0.2, 0.25) is 11.8 Å². The fourth-order valence-corrected chi connectivity index (χ4v) is 2.72. The van der Waals surface area contributed by atoms with Gasteiger partial charge >= 0.3 is 0 Å². The van der Waals surface area contributed by atoms with Crippen molar-refractivity contribution in [3.05, 3.63) is 65.9 Å². The van der Waals surface area contributed by atoms with Gasteiger partial charge in [-0.05, 0) is 24.6 Å². The molecule has 0 aliphatic rings. The molecule has 1 heterocycles. The second-order valence-electron chi connectivity index (χ2n) is 5.87. The summed E-state index contributed by atoms with van der Waals surface area (Å²) in [6.45, 7) is 1.98. The maximum Gasteiger partial charge on any atom is 0.235 e. The molecule has 0 radical (unpaired) electrons. The maximum atomic E-state index is 12.3. The molecule has 25 heavy (non-hydrogen) atoms. The molecule has 0 bridgehead atoms. The van der Waals surface area contributed by atoms with Gasteiger partial charge in [-0.2, -0.15) is 0 Å². The average Bonchev–Trinajstić information content (AvgIpc) is 2.66. The third-order valence-electron chi connectivity index (χ3n) is 4.07. The zero-order valence-corrected chi connectivity index (χ0v) is 14.4. The van der Waals surface area contributed by atoms with E-state index in [1.54, 1.807) is 7.11 Å². The molecular formula is C20H21N3O2. The van der Waals surface area contributed by atoms with Gasteiger partial charge in [0.25, 0.3) is 0 Å². The normalized spacial score (nSPS) is 11.9. The van der Waals surface area contributed by atoms with Crippen molar-refractivity contribution in [3.63, 3.8) is 0 Å². The highest BCUT2D eigenvalue weighted by Crippen LogP contribution is 2.20. The lowest BCUT2D eigenvalue weighted by Gasteiger charge is -2.14. The molecule has 1 N–H and O–H groups in total. The van der Waals surface area contributed by atoms with Gasteiger partial charge < -0.3 is 10.1 Å². The topological polar surface area (TPSA) is 64.1 Å². The first-order valence-corrected chi connectivity index (χ1v) is 8.31. The fraction of sp³-hybridized carbons (Fsp3) is 0.250. The second kappa shape index (κ2) is 7.75. The predicted octanol–water partition coefficient (Wildman–Crippen LogP) is 3.45. The van der Waals surface area contributed by atoms with Crippen molar-refractivity contribution in [2.75, 3.05) is 7.11 Å². The molecule has 0 saturated carbocycles. The van der Waals surface area contributed by atoms with Gasteiger partial charge in [0.15, 0.2) is 0 Å².